The van der Waals surface area contributed by atoms with E-state index >= 15 is 0 Å². The third kappa shape index (κ3) is 6.43. The third-order valence-electron chi connectivity index (χ3n) is 4.12. The van der Waals surface area contributed by atoms with E-state index in [1.54, 1.807) is 12.1 Å². The number of ether oxygens (including phenoxy) is 2. The molecule has 27 heavy (non-hydrogen) atoms. The first-order chi connectivity index (χ1) is 13.1. The monoisotopic (exact) mass is 391 g/mol. The molecule has 146 valence electrons. The second-order valence-corrected chi connectivity index (χ2v) is 6.44. The molecule has 0 atom stereocenters. The molecular weight excluding hydrogens is 366 g/mol. The van der Waals surface area contributed by atoms with Gasteiger partial charge in [-0.05, 0) is 18.1 Å². The number of benzene rings is 2. The van der Waals surface area contributed by atoms with E-state index in [0.29, 0.717) is 35.3 Å². The van der Waals surface area contributed by atoms with E-state index < -0.39 is 0 Å². The molecule has 0 aliphatic rings. The van der Waals surface area contributed by atoms with Crippen molar-refractivity contribution in [3.05, 3.63) is 53.1 Å². The largest absolute Gasteiger partial charge is 0.495 e. The van der Waals surface area contributed by atoms with Crippen molar-refractivity contribution in [3.63, 3.8) is 0 Å². The first kappa shape index (κ1) is 21.0. The summed E-state index contributed by atoms with van der Waals surface area (Å²) in [5.41, 5.74) is 7.43. The van der Waals surface area contributed by atoms with E-state index in [4.69, 9.17) is 26.8 Å². The predicted molar refractivity (Wildman–Crippen MR) is 109 cm³/mol. The van der Waals surface area contributed by atoms with E-state index in [-0.39, 0.29) is 12.5 Å². The number of anilines is 1. The minimum absolute atomic E-state index is 0.156. The van der Waals surface area contributed by atoms with Crippen molar-refractivity contribution < 1.29 is 14.3 Å². The molecule has 0 spiro atoms. The van der Waals surface area contributed by atoms with Crippen LogP contribution >= 0.6 is 11.6 Å². The number of amides is 1. The maximum atomic E-state index is 12.5. The van der Waals surface area contributed by atoms with Crippen LogP contribution in [0, 0.1) is 0 Å². The van der Waals surface area contributed by atoms with Gasteiger partial charge >= 0.3 is 0 Å². The topological polar surface area (TPSA) is 76.8 Å². The average Bonchev–Trinajstić information content (AvgIpc) is 2.67. The summed E-state index contributed by atoms with van der Waals surface area (Å²) in [4.78, 5) is 14.5. The number of hydrogen-bond acceptors (Lipinski definition) is 5. The Bertz CT molecular complexity index is 741. The van der Waals surface area contributed by atoms with Crippen molar-refractivity contribution in [2.24, 2.45) is 5.73 Å². The summed E-state index contributed by atoms with van der Waals surface area (Å²) in [6.07, 6.45) is 0.853. The number of methoxy groups -OCH3 is 2. The second kappa shape index (κ2) is 10.8. The lowest BCUT2D eigenvalue weighted by Crippen LogP contribution is -2.38. The van der Waals surface area contributed by atoms with Crippen molar-refractivity contribution in [3.8, 4) is 11.5 Å². The highest BCUT2D eigenvalue weighted by Crippen LogP contribution is 2.35. The Balaban J connectivity index is 2.00. The molecule has 2 aromatic carbocycles. The molecule has 0 fully saturated rings. The van der Waals surface area contributed by atoms with Gasteiger partial charge in [-0.2, -0.15) is 0 Å². The SMILES string of the molecule is COc1cc(OC)c(NC(=O)CN(CCN)CCc2ccccc2)cc1Cl. The number of carbonyl (C=O) groups excluding carboxylic acids is 1. The summed E-state index contributed by atoms with van der Waals surface area (Å²) < 4.78 is 10.5. The highest BCUT2D eigenvalue weighted by atomic mass is 35.5. The fraction of sp³-hybridized carbons (Fsp3) is 0.350. The zero-order chi connectivity index (χ0) is 19.6. The smallest absolute Gasteiger partial charge is 0.238 e. The van der Waals surface area contributed by atoms with E-state index in [9.17, 15) is 4.79 Å². The van der Waals surface area contributed by atoms with Gasteiger partial charge in [0.15, 0.2) is 0 Å². The van der Waals surface area contributed by atoms with E-state index in [1.165, 1.54) is 19.8 Å². The number of carbonyl (C=O) groups is 1. The maximum Gasteiger partial charge on any atom is 0.238 e. The second-order valence-electron chi connectivity index (χ2n) is 6.04. The van der Waals surface area contributed by atoms with Crippen LogP contribution in [0.25, 0.3) is 0 Å². The lowest BCUT2D eigenvalue weighted by molar-refractivity contribution is -0.117. The van der Waals surface area contributed by atoms with Gasteiger partial charge in [-0.1, -0.05) is 41.9 Å². The molecule has 2 aromatic rings. The lowest BCUT2D eigenvalue weighted by atomic mass is 10.1. The summed E-state index contributed by atoms with van der Waals surface area (Å²) in [6, 6.07) is 13.4. The van der Waals surface area contributed by atoms with Gasteiger partial charge in [0.25, 0.3) is 0 Å². The van der Waals surface area contributed by atoms with Crippen LogP contribution in [0.3, 0.4) is 0 Å². The summed E-state index contributed by atoms with van der Waals surface area (Å²) in [5.74, 6) is 0.814. The van der Waals surface area contributed by atoms with Gasteiger partial charge in [-0.25, -0.2) is 0 Å². The molecular formula is C20H26ClN3O3. The van der Waals surface area contributed by atoms with Crippen molar-refractivity contribution in [2.75, 3.05) is 45.7 Å². The molecule has 0 aliphatic carbocycles. The predicted octanol–water partition coefficient (Wildman–Crippen LogP) is 2.80. The number of nitrogens with two attached hydrogens (primary N) is 1. The highest BCUT2D eigenvalue weighted by molar-refractivity contribution is 6.32. The van der Waals surface area contributed by atoms with Gasteiger partial charge in [0.1, 0.15) is 11.5 Å². The Kier molecular flexibility index (Phi) is 8.39. The van der Waals surface area contributed by atoms with Crippen molar-refractivity contribution >= 4 is 23.2 Å². The number of nitrogens with one attached hydrogen (secondary N) is 1. The van der Waals surface area contributed by atoms with Gasteiger partial charge < -0.3 is 20.5 Å². The summed E-state index contributed by atoms with van der Waals surface area (Å²) >= 11 is 6.16. The number of nitrogens with zero attached hydrogens (tertiary/aromatic N) is 1. The Morgan fingerprint density at radius 3 is 2.44 bits per heavy atom. The van der Waals surface area contributed by atoms with Crippen LogP contribution in [-0.4, -0.2) is 51.2 Å². The van der Waals surface area contributed by atoms with Gasteiger partial charge in [0.05, 0.1) is 31.5 Å². The Morgan fingerprint density at radius 2 is 1.81 bits per heavy atom. The molecule has 2 rings (SSSR count). The molecule has 0 saturated heterocycles. The molecule has 0 heterocycles. The number of hydrogen-bond donors (Lipinski definition) is 2. The minimum atomic E-state index is -0.156. The summed E-state index contributed by atoms with van der Waals surface area (Å²) in [7, 11) is 3.05. The lowest BCUT2D eigenvalue weighted by Gasteiger charge is -2.21. The van der Waals surface area contributed by atoms with Crippen LogP contribution in [-0.2, 0) is 11.2 Å². The first-order valence-corrected chi connectivity index (χ1v) is 9.13. The Morgan fingerprint density at radius 1 is 1.11 bits per heavy atom. The highest BCUT2D eigenvalue weighted by Gasteiger charge is 2.15. The van der Waals surface area contributed by atoms with Crippen LogP contribution < -0.4 is 20.5 Å². The number of halogens is 1. The van der Waals surface area contributed by atoms with Crippen LogP contribution in [0.4, 0.5) is 5.69 Å². The van der Waals surface area contributed by atoms with Gasteiger partial charge in [-0.3, -0.25) is 9.69 Å². The summed E-state index contributed by atoms with van der Waals surface area (Å²) in [6.45, 7) is 2.10. The Labute approximate surface area is 165 Å². The summed E-state index contributed by atoms with van der Waals surface area (Å²) in [5, 5.41) is 3.25. The molecule has 0 unspecified atom stereocenters. The van der Waals surface area contributed by atoms with Gasteiger partial charge in [-0.15, -0.1) is 0 Å². The zero-order valence-corrected chi connectivity index (χ0v) is 16.5. The minimum Gasteiger partial charge on any atom is -0.495 e. The fourth-order valence-electron chi connectivity index (χ4n) is 2.73. The average molecular weight is 392 g/mol. The molecule has 6 nitrogen and oxygen atoms in total. The third-order valence-corrected chi connectivity index (χ3v) is 4.42. The molecule has 0 aromatic heterocycles. The van der Waals surface area contributed by atoms with Crippen LogP contribution in [0.15, 0.2) is 42.5 Å². The van der Waals surface area contributed by atoms with Crippen molar-refractivity contribution in [1.82, 2.24) is 4.90 Å². The Hall–Kier alpha value is -2.28. The van der Waals surface area contributed by atoms with Crippen LogP contribution in [0.2, 0.25) is 5.02 Å². The molecule has 0 bridgehead atoms. The molecule has 3 N–H and O–H groups in total. The van der Waals surface area contributed by atoms with E-state index in [1.807, 2.05) is 23.1 Å². The standard InChI is InChI=1S/C20H26ClN3O3/c1-26-18-13-19(27-2)17(12-16(18)21)23-20(25)14-24(11-9-22)10-8-15-6-4-3-5-7-15/h3-7,12-13H,8-11,14,22H2,1-2H3,(H,23,25). The van der Waals surface area contributed by atoms with Crippen molar-refractivity contribution in [2.45, 2.75) is 6.42 Å². The molecule has 0 radical (unpaired) electrons. The molecule has 1 amide bonds. The molecule has 0 saturated carbocycles. The van der Waals surface area contributed by atoms with Crippen LogP contribution in [0.5, 0.6) is 11.5 Å². The van der Waals surface area contributed by atoms with Gasteiger partial charge in [0.2, 0.25) is 5.91 Å². The van der Waals surface area contributed by atoms with E-state index in [2.05, 4.69) is 17.4 Å². The quantitative estimate of drug-likeness (QED) is 0.651. The first-order valence-electron chi connectivity index (χ1n) is 8.75. The zero-order valence-electron chi connectivity index (χ0n) is 15.7. The normalized spacial score (nSPS) is 10.7. The number of rotatable bonds is 10. The molecule has 0 aliphatic heterocycles. The van der Waals surface area contributed by atoms with Crippen molar-refractivity contribution in [1.29, 1.82) is 0 Å². The maximum absolute atomic E-state index is 12.5. The fourth-order valence-corrected chi connectivity index (χ4v) is 2.98. The molecule has 7 heteroatoms. The van der Waals surface area contributed by atoms with E-state index in [0.717, 1.165) is 13.0 Å². The van der Waals surface area contributed by atoms with Gasteiger partial charge in [0, 0.05) is 25.7 Å². The van der Waals surface area contributed by atoms with Crippen LogP contribution in [0.1, 0.15) is 5.56 Å².